The average Bonchev–Trinajstić information content (AvgIpc) is 3.08. The van der Waals surface area contributed by atoms with Gasteiger partial charge in [-0.2, -0.15) is 5.10 Å². The molecule has 2 aromatic heterocycles. The quantitative estimate of drug-likeness (QED) is 0.751. The van der Waals surface area contributed by atoms with Gasteiger partial charge in [-0.3, -0.25) is 5.10 Å². The van der Waals surface area contributed by atoms with Crippen LogP contribution in [-0.2, 0) is 6.54 Å². The minimum Gasteiger partial charge on any atom is -0.467 e. The lowest BCUT2D eigenvalue weighted by molar-refractivity contribution is 0.518. The van der Waals surface area contributed by atoms with Gasteiger partial charge in [0.1, 0.15) is 11.6 Å². The molecule has 0 saturated carbocycles. The summed E-state index contributed by atoms with van der Waals surface area (Å²) in [6.45, 7) is 2.54. The first-order chi connectivity index (χ1) is 9.31. The number of aromatic nitrogens is 3. The molecule has 5 heteroatoms. The highest BCUT2D eigenvalue weighted by atomic mass is 16.3. The second-order valence-electron chi connectivity index (χ2n) is 4.26. The summed E-state index contributed by atoms with van der Waals surface area (Å²) in [5.74, 6) is 2.42. The predicted octanol–water partition coefficient (Wildman–Crippen LogP) is 2.99. The highest BCUT2D eigenvalue weighted by Crippen LogP contribution is 2.19. The van der Waals surface area contributed by atoms with Crippen LogP contribution in [0.3, 0.4) is 0 Å². The molecule has 0 saturated heterocycles. The van der Waals surface area contributed by atoms with Gasteiger partial charge in [0.15, 0.2) is 5.82 Å². The van der Waals surface area contributed by atoms with Crippen LogP contribution in [0.1, 0.15) is 11.6 Å². The van der Waals surface area contributed by atoms with E-state index in [0.717, 1.165) is 22.8 Å². The topological polar surface area (TPSA) is 66.7 Å². The number of benzene rings is 1. The molecule has 0 aliphatic heterocycles. The Morgan fingerprint density at radius 1 is 1.26 bits per heavy atom. The van der Waals surface area contributed by atoms with E-state index >= 15 is 0 Å². The largest absolute Gasteiger partial charge is 0.467 e. The van der Waals surface area contributed by atoms with Crippen molar-refractivity contribution in [3.63, 3.8) is 0 Å². The van der Waals surface area contributed by atoms with E-state index in [1.807, 2.05) is 43.3 Å². The summed E-state index contributed by atoms with van der Waals surface area (Å²) in [7, 11) is 0. The van der Waals surface area contributed by atoms with Gasteiger partial charge in [0.2, 0.25) is 0 Å². The van der Waals surface area contributed by atoms with Crippen molar-refractivity contribution in [3.8, 4) is 11.4 Å². The molecule has 2 heterocycles. The summed E-state index contributed by atoms with van der Waals surface area (Å²) in [5.41, 5.74) is 1.99. The van der Waals surface area contributed by atoms with E-state index in [2.05, 4.69) is 20.5 Å². The SMILES string of the molecule is Cc1nc(-c2cccc(NCc3ccco3)c2)n[nH]1. The number of hydrogen-bond donors (Lipinski definition) is 2. The van der Waals surface area contributed by atoms with Gasteiger partial charge in [0.05, 0.1) is 12.8 Å². The summed E-state index contributed by atoms with van der Waals surface area (Å²) >= 11 is 0. The second kappa shape index (κ2) is 4.97. The van der Waals surface area contributed by atoms with Crippen LogP contribution in [0.2, 0.25) is 0 Å². The zero-order valence-electron chi connectivity index (χ0n) is 10.6. The lowest BCUT2D eigenvalue weighted by Gasteiger charge is -2.05. The fourth-order valence-electron chi connectivity index (χ4n) is 1.84. The van der Waals surface area contributed by atoms with Crippen molar-refractivity contribution in [3.05, 3.63) is 54.2 Å². The Labute approximate surface area is 110 Å². The number of rotatable bonds is 4. The Bertz CT molecular complexity index is 658. The summed E-state index contributed by atoms with van der Waals surface area (Å²) in [5, 5.41) is 10.3. The fourth-order valence-corrected chi connectivity index (χ4v) is 1.84. The lowest BCUT2D eigenvalue weighted by Crippen LogP contribution is -1.98. The maximum atomic E-state index is 5.28. The molecule has 5 nitrogen and oxygen atoms in total. The fraction of sp³-hybridized carbons (Fsp3) is 0.143. The van der Waals surface area contributed by atoms with Crippen LogP contribution in [0.4, 0.5) is 5.69 Å². The first-order valence-electron chi connectivity index (χ1n) is 6.07. The number of hydrogen-bond acceptors (Lipinski definition) is 4. The number of nitrogens with zero attached hydrogens (tertiary/aromatic N) is 2. The molecule has 96 valence electrons. The molecule has 0 spiro atoms. The molecule has 1 aromatic carbocycles. The third-order valence-electron chi connectivity index (χ3n) is 2.76. The molecule has 3 rings (SSSR count). The maximum Gasteiger partial charge on any atom is 0.181 e. The van der Waals surface area contributed by atoms with Crippen LogP contribution < -0.4 is 5.32 Å². The Morgan fingerprint density at radius 3 is 2.95 bits per heavy atom. The van der Waals surface area contributed by atoms with Gasteiger partial charge >= 0.3 is 0 Å². The Hall–Kier alpha value is -2.56. The van der Waals surface area contributed by atoms with Crippen LogP contribution in [0.5, 0.6) is 0 Å². The third kappa shape index (κ3) is 2.65. The second-order valence-corrected chi connectivity index (χ2v) is 4.26. The smallest absolute Gasteiger partial charge is 0.181 e. The average molecular weight is 254 g/mol. The predicted molar refractivity (Wildman–Crippen MR) is 72.6 cm³/mol. The number of H-pyrrole nitrogens is 1. The van der Waals surface area contributed by atoms with Crippen LogP contribution >= 0.6 is 0 Å². The highest BCUT2D eigenvalue weighted by Gasteiger charge is 2.04. The Morgan fingerprint density at radius 2 is 2.21 bits per heavy atom. The van der Waals surface area contributed by atoms with Crippen molar-refractivity contribution in [1.82, 2.24) is 15.2 Å². The minimum atomic E-state index is 0.656. The van der Waals surface area contributed by atoms with Crippen LogP contribution in [0.25, 0.3) is 11.4 Å². The number of nitrogens with one attached hydrogen (secondary N) is 2. The number of aryl methyl sites for hydroxylation is 1. The number of furan rings is 1. The zero-order chi connectivity index (χ0) is 13.1. The highest BCUT2D eigenvalue weighted by molar-refractivity contribution is 5.62. The summed E-state index contributed by atoms with van der Waals surface area (Å²) < 4.78 is 5.28. The molecule has 3 aromatic rings. The molecule has 2 N–H and O–H groups in total. The van der Waals surface area contributed by atoms with E-state index in [9.17, 15) is 0 Å². The Kier molecular flexibility index (Phi) is 3.02. The van der Waals surface area contributed by atoms with Crippen molar-refractivity contribution < 1.29 is 4.42 Å². The van der Waals surface area contributed by atoms with E-state index in [1.165, 1.54) is 0 Å². The van der Waals surface area contributed by atoms with Crippen molar-refractivity contribution in [2.45, 2.75) is 13.5 Å². The van der Waals surface area contributed by atoms with Gasteiger partial charge in [0.25, 0.3) is 0 Å². The molecule has 0 radical (unpaired) electrons. The number of aromatic amines is 1. The van der Waals surface area contributed by atoms with E-state index in [4.69, 9.17) is 4.42 Å². The molecular formula is C14H14N4O. The van der Waals surface area contributed by atoms with Crippen LogP contribution in [0.15, 0.2) is 47.1 Å². The van der Waals surface area contributed by atoms with Gasteiger partial charge in [-0.25, -0.2) is 4.98 Å². The third-order valence-corrected chi connectivity index (χ3v) is 2.76. The van der Waals surface area contributed by atoms with Crippen molar-refractivity contribution >= 4 is 5.69 Å². The molecular weight excluding hydrogens is 240 g/mol. The standard InChI is InChI=1S/C14H14N4O/c1-10-16-14(18-17-10)11-4-2-5-12(8-11)15-9-13-6-3-7-19-13/h2-8,15H,9H2,1H3,(H,16,17,18). The minimum absolute atomic E-state index is 0.656. The van der Waals surface area contributed by atoms with Crippen LogP contribution in [0, 0.1) is 6.92 Å². The summed E-state index contributed by atoms with van der Waals surface area (Å²) in [6, 6.07) is 11.8. The molecule has 0 fully saturated rings. The maximum absolute atomic E-state index is 5.28. The zero-order valence-corrected chi connectivity index (χ0v) is 10.6. The van der Waals surface area contributed by atoms with Gasteiger partial charge in [-0.15, -0.1) is 0 Å². The van der Waals surface area contributed by atoms with Gasteiger partial charge in [0, 0.05) is 11.3 Å². The summed E-state index contributed by atoms with van der Waals surface area (Å²) in [4.78, 5) is 4.32. The van der Waals surface area contributed by atoms with E-state index in [0.29, 0.717) is 12.4 Å². The van der Waals surface area contributed by atoms with Crippen molar-refractivity contribution in [1.29, 1.82) is 0 Å². The molecule has 0 unspecified atom stereocenters. The van der Waals surface area contributed by atoms with Gasteiger partial charge in [-0.1, -0.05) is 12.1 Å². The lowest BCUT2D eigenvalue weighted by atomic mass is 10.2. The normalized spacial score (nSPS) is 10.6. The van der Waals surface area contributed by atoms with E-state index < -0.39 is 0 Å². The molecule has 0 aliphatic carbocycles. The van der Waals surface area contributed by atoms with E-state index in [1.54, 1.807) is 6.26 Å². The van der Waals surface area contributed by atoms with Crippen molar-refractivity contribution in [2.24, 2.45) is 0 Å². The number of anilines is 1. The molecule has 0 atom stereocenters. The molecule has 19 heavy (non-hydrogen) atoms. The molecule has 0 aliphatic rings. The van der Waals surface area contributed by atoms with Crippen LogP contribution in [-0.4, -0.2) is 15.2 Å². The van der Waals surface area contributed by atoms with E-state index in [-0.39, 0.29) is 0 Å². The summed E-state index contributed by atoms with van der Waals surface area (Å²) in [6.07, 6.45) is 1.67. The molecule has 0 amide bonds. The first kappa shape index (κ1) is 11.5. The Balaban J connectivity index is 1.76. The van der Waals surface area contributed by atoms with Crippen molar-refractivity contribution in [2.75, 3.05) is 5.32 Å². The molecule has 0 bridgehead atoms. The first-order valence-corrected chi connectivity index (χ1v) is 6.07. The van der Waals surface area contributed by atoms with Gasteiger partial charge in [-0.05, 0) is 31.2 Å². The van der Waals surface area contributed by atoms with Gasteiger partial charge < -0.3 is 9.73 Å². The monoisotopic (exact) mass is 254 g/mol.